The summed E-state index contributed by atoms with van der Waals surface area (Å²) in [7, 11) is 0. The molecule has 1 aromatic rings. The molecule has 0 atom stereocenters. The van der Waals surface area contributed by atoms with E-state index >= 15 is 0 Å². The number of hydrogen-bond acceptors (Lipinski definition) is 2. The topological polar surface area (TPSA) is 78.4 Å². The number of carbonyl (C=O) groups excluding carboxylic acids is 1. The van der Waals surface area contributed by atoms with Crippen LogP contribution in [0.3, 0.4) is 0 Å². The maximum Gasteiger partial charge on any atom is 0.323 e. The first kappa shape index (κ1) is 13.0. The first-order chi connectivity index (χ1) is 7.90. The second-order valence-electron chi connectivity index (χ2n) is 3.95. The zero-order chi connectivity index (χ0) is 13.0. The maximum absolute atomic E-state index is 11.4. The van der Waals surface area contributed by atoms with Gasteiger partial charge in [0.15, 0.2) is 0 Å². The van der Waals surface area contributed by atoms with Gasteiger partial charge in [0, 0.05) is 5.69 Å². The molecule has 0 aliphatic rings. The molecule has 92 valence electrons. The Bertz CT molecular complexity index is 455. The molecule has 5 nitrogen and oxygen atoms in total. The number of aryl methyl sites for hydroxylation is 3. The molecule has 0 aliphatic carbocycles. The number of carboxylic acid groups (broad SMARTS) is 1. The lowest BCUT2D eigenvalue weighted by Gasteiger charge is -2.11. The summed E-state index contributed by atoms with van der Waals surface area (Å²) < 4.78 is 0. The molecule has 3 N–H and O–H groups in total. The first-order valence-electron chi connectivity index (χ1n) is 5.24. The summed E-state index contributed by atoms with van der Waals surface area (Å²) in [6.07, 6.45) is 0. The Balaban J connectivity index is 2.71. The van der Waals surface area contributed by atoms with Crippen molar-refractivity contribution >= 4 is 17.7 Å². The Kier molecular flexibility index (Phi) is 4.09. The number of benzene rings is 1. The van der Waals surface area contributed by atoms with Gasteiger partial charge in [-0.3, -0.25) is 4.79 Å². The predicted molar refractivity (Wildman–Crippen MR) is 65.3 cm³/mol. The lowest BCUT2D eigenvalue weighted by molar-refractivity contribution is -0.135. The molecule has 0 spiro atoms. The molecule has 0 unspecified atom stereocenters. The van der Waals surface area contributed by atoms with E-state index in [-0.39, 0.29) is 0 Å². The van der Waals surface area contributed by atoms with Crippen LogP contribution in [0.15, 0.2) is 12.1 Å². The van der Waals surface area contributed by atoms with Crippen LogP contribution in [-0.2, 0) is 4.79 Å². The Morgan fingerprint density at radius 1 is 1.12 bits per heavy atom. The lowest BCUT2D eigenvalue weighted by Crippen LogP contribution is -2.33. The highest BCUT2D eigenvalue weighted by Gasteiger charge is 2.07. The van der Waals surface area contributed by atoms with Crippen molar-refractivity contribution in [2.75, 3.05) is 11.9 Å². The van der Waals surface area contributed by atoms with E-state index in [2.05, 4.69) is 10.6 Å². The van der Waals surface area contributed by atoms with Gasteiger partial charge in [-0.2, -0.15) is 0 Å². The standard InChI is InChI=1S/C12H16N2O3/c1-7-4-9(3)10(5-8(7)2)14-12(17)13-6-11(15)16/h4-5H,6H2,1-3H3,(H,15,16)(H2,13,14,17). The molecule has 17 heavy (non-hydrogen) atoms. The number of anilines is 1. The molecule has 0 fully saturated rings. The normalized spacial score (nSPS) is 9.82. The Morgan fingerprint density at radius 2 is 1.71 bits per heavy atom. The van der Waals surface area contributed by atoms with Gasteiger partial charge in [0.05, 0.1) is 0 Å². The van der Waals surface area contributed by atoms with Crippen LogP contribution in [0.5, 0.6) is 0 Å². The number of carbonyl (C=O) groups is 2. The second kappa shape index (κ2) is 5.34. The van der Waals surface area contributed by atoms with Crippen molar-refractivity contribution in [1.82, 2.24) is 5.32 Å². The third-order valence-corrected chi connectivity index (χ3v) is 2.49. The molecular formula is C12H16N2O3. The minimum atomic E-state index is -1.07. The summed E-state index contributed by atoms with van der Waals surface area (Å²) in [4.78, 5) is 21.7. The summed E-state index contributed by atoms with van der Waals surface area (Å²) in [5, 5.41) is 13.3. The highest BCUT2D eigenvalue weighted by atomic mass is 16.4. The van der Waals surface area contributed by atoms with Crippen molar-refractivity contribution < 1.29 is 14.7 Å². The van der Waals surface area contributed by atoms with Crippen LogP contribution in [-0.4, -0.2) is 23.7 Å². The highest BCUT2D eigenvalue weighted by molar-refractivity contribution is 5.92. The van der Waals surface area contributed by atoms with Crippen molar-refractivity contribution in [1.29, 1.82) is 0 Å². The van der Waals surface area contributed by atoms with Crippen LogP contribution < -0.4 is 10.6 Å². The van der Waals surface area contributed by atoms with Crippen molar-refractivity contribution in [2.24, 2.45) is 0 Å². The van der Waals surface area contributed by atoms with E-state index in [1.165, 1.54) is 0 Å². The number of amides is 2. The van der Waals surface area contributed by atoms with Gasteiger partial charge in [-0.25, -0.2) is 4.79 Å². The molecular weight excluding hydrogens is 220 g/mol. The highest BCUT2D eigenvalue weighted by Crippen LogP contribution is 2.19. The average molecular weight is 236 g/mol. The van der Waals surface area contributed by atoms with Gasteiger partial charge in [0.1, 0.15) is 6.54 Å². The molecule has 0 aromatic heterocycles. The van der Waals surface area contributed by atoms with Crippen molar-refractivity contribution in [3.8, 4) is 0 Å². The molecule has 0 aliphatic heterocycles. The fourth-order valence-electron chi connectivity index (χ4n) is 1.42. The monoisotopic (exact) mass is 236 g/mol. The van der Waals surface area contributed by atoms with E-state index in [1.54, 1.807) is 0 Å². The molecule has 0 bridgehead atoms. The van der Waals surface area contributed by atoms with Crippen molar-refractivity contribution in [3.05, 3.63) is 28.8 Å². The third kappa shape index (κ3) is 3.79. The number of aliphatic carboxylic acids is 1. The Labute approximate surface area is 99.8 Å². The van der Waals surface area contributed by atoms with Gasteiger partial charge in [-0.15, -0.1) is 0 Å². The summed E-state index contributed by atoms with van der Waals surface area (Å²) in [6, 6.07) is 3.33. The minimum absolute atomic E-state index is 0.393. The second-order valence-corrected chi connectivity index (χ2v) is 3.95. The molecule has 1 rings (SSSR count). The number of urea groups is 1. The molecule has 0 heterocycles. The van der Waals surface area contributed by atoms with Gasteiger partial charge in [0.2, 0.25) is 0 Å². The molecule has 0 radical (unpaired) electrons. The summed E-state index contributed by atoms with van der Waals surface area (Å²) in [5.74, 6) is -1.07. The zero-order valence-corrected chi connectivity index (χ0v) is 10.1. The van der Waals surface area contributed by atoms with Gasteiger partial charge in [-0.05, 0) is 43.5 Å². The van der Waals surface area contributed by atoms with Crippen LogP contribution in [0.25, 0.3) is 0 Å². The van der Waals surface area contributed by atoms with E-state index in [9.17, 15) is 9.59 Å². The number of hydrogen-bond donors (Lipinski definition) is 3. The predicted octanol–water partition coefficient (Wildman–Crippen LogP) is 1.82. The summed E-state index contributed by atoms with van der Waals surface area (Å²) >= 11 is 0. The first-order valence-corrected chi connectivity index (χ1v) is 5.24. The molecule has 0 saturated heterocycles. The molecule has 5 heteroatoms. The Hall–Kier alpha value is -2.04. The van der Waals surface area contributed by atoms with Crippen LogP contribution >= 0.6 is 0 Å². The van der Waals surface area contributed by atoms with Crippen molar-refractivity contribution in [3.63, 3.8) is 0 Å². The van der Waals surface area contributed by atoms with E-state index < -0.39 is 18.5 Å². The van der Waals surface area contributed by atoms with Gasteiger partial charge >= 0.3 is 12.0 Å². The number of nitrogens with one attached hydrogen (secondary N) is 2. The summed E-state index contributed by atoms with van der Waals surface area (Å²) in [6.45, 7) is 5.45. The Morgan fingerprint density at radius 3 is 2.29 bits per heavy atom. The minimum Gasteiger partial charge on any atom is -0.480 e. The van der Waals surface area contributed by atoms with Crippen LogP contribution in [0.2, 0.25) is 0 Å². The smallest absolute Gasteiger partial charge is 0.323 e. The lowest BCUT2D eigenvalue weighted by atomic mass is 10.1. The fraction of sp³-hybridized carbons (Fsp3) is 0.333. The molecule has 1 aromatic carbocycles. The maximum atomic E-state index is 11.4. The SMILES string of the molecule is Cc1cc(C)c(NC(=O)NCC(=O)O)cc1C. The van der Waals surface area contributed by atoms with Gasteiger partial charge in [-0.1, -0.05) is 6.07 Å². The van der Waals surface area contributed by atoms with Gasteiger partial charge < -0.3 is 15.7 Å². The van der Waals surface area contributed by atoms with E-state index in [1.807, 2.05) is 32.9 Å². The number of carboxylic acids is 1. The van der Waals surface area contributed by atoms with E-state index in [0.29, 0.717) is 5.69 Å². The van der Waals surface area contributed by atoms with Gasteiger partial charge in [0.25, 0.3) is 0 Å². The van der Waals surface area contributed by atoms with Crippen molar-refractivity contribution in [2.45, 2.75) is 20.8 Å². The van der Waals surface area contributed by atoms with Crippen LogP contribution in [0, 0.1) is 20.8 Å². The van der Waals surface area contributed by atoms with Crippen LogP contribution in [0.1, 0.15) is 16.7 Å². The molecule has 2 amide bonds. The van der Waals surface area contributed by atoms with E-state index in [4.69, 9.17) is 5.11 Å². The average Bonchev–Trinajstić information content (AvgIpc) is 2.23. The molecule has 0 saturated carbocycles. The largest absolute Gasteiger partial charge is 0.480 e. The third-order valence-electron chi connectivity index (χ3n) is 2.49. The quantitative estimate of drug-likeness (QED) is 0.749. The summed E-state index contributed by atoms with van der Waals surface area (Å²) in [5.41, 5.74) is 3.86. The fourth-order valence-corrected chi connectivity index (χ4v) is 1.42. The van der Waals surface area contributed by atoms with E-state index in [0.717, 1.165) is 16.7 Å². The zero-order valence-electron chi connectivity index (χ0n) is 10.1. The van der Waals surface area contributed by atoms with Crippen LogP contribution in [0.4, 0.5) is 10.5 Å². The number of rotatable bonds is 3.